The molecule has 4 rings (SSSR count). The Labute approximate surface area is 175 Å². The number of anilines is 1. The molecule has 1 N–H and O–H groups in total. The number of amides is 1. The van der Waals surface area contributed by atoms with Gasteiger partial charge >= 0.3 is 5.97 Å². The normalized spacial score (nSPS) is 12.8. The second kappa shape index (κ2) is 7.73. The van der Waals surface area contributed by atoms with E-state index in [9.17, 15) is 9.59 Å². The molecule has 1 aliphatic carbocycles. The lowest BCUT2D eigenvalue weighted by atomic mass is 10.1. The summed E-state index contributed by atoms with van der Waals surface area (Å²) in [6.45, 7) is 2.06. The molecule has 5 nitrogen and oxygen atoms in total. The summed E-state index contributed by atoms with van der Waals surface area (Å²) >= 11 is 9.25. The van der Waals surface area contributed by atoms with Gasteiger partial charge < -0.3 is 14.8 Å². The summed E-state index contributed by atoms with van der Waals surface area (Å²) in [5, 5.41) is 4.60. The van der Waals surface area contributed by atoms with Crippen LogP contribution in [-0.4, -0.2) is 25.6 Å². The van der Waals surface area contributed by atoms with Crippen LogP contribution < -0.4 is 10.1 Å². The van der Waals surface area contributed by atoms with E-state index in [1.54, 1.807) is 14.0 Å². The van der Waals surface area contributed by atoms with Gasteiger partial charge in [-0.2, -0.15) is 0 Å². The van der Waals surface area contributed by atoms with Crippen LogP contribution in [0.1, 0.15) is 43.8 Å². The molecule has 0 spiro atoms. The molecule has 8 heteroatoms. The second-order valence-corrected chi connectivity index (χ2v) is 8.88. The van der Waals surface area contributed by atoms with E-state index in [4.69, 9.17) is 21.1 Å². The van der Waals surface area contributed by atoms with Crippen molar-refractivity contribution in [2.24, 2.45) is 0 Å². The van der Waals surface area contributed by atoms with E-state index in [1.165, 1.54) is 22.7 Å². The summed E-state index contributed by atoms with van der Waals surface area (Å²) in [5.41, 5.74) is 1.50. The van der Waals surface area contributed by atoms with E-state index in [1.807, 2.05) is 18.2 Å². The van der Waals surface area contributed by atoms with Crippen molar-refractivity contribution in [3.63, 3.8) is 0 Å². The summed E-state index contributed by atoms with van der Waals surface area (Å²) in [5.74, 6) is -0.0292. The van der Waals surface area contributed by atoms with Gasteiger partial charge in [0, 0.05) is 15.0 Å². The van der Waals surface area contributed by atoms with Crippen LogP contribution in [0.3, 0.4) is 0 Å². The van der Waals surface area contributed by atoms with E-state index in [0.717, 1.165) is 39.8 Å². The molecular formula is C20H18ClNO4S2. The SMILES string of the molecule is CCOC(=O)c1c(NC(=O)c2sc3ccc(OC)cc3c2Cl)sc2c1CCC2. The lowest BCUT2D eigenvalue weighted by Crippen LogP contribution is -2.14. The first-order valence-corrected chi connectivity index (χ1v) is 10.9. The highest BCUT2D eigenvalue weighted by Crippen LogP contribution is 2.41. The quantitative estimate of drug-likeness (QED) is 0.534. The van der Waals surface area contributed by atoms with Crippen molar-refractivity contribution in [2.45, 2.75) is 26.2 Å². The van der Waals surface area contributed by atoms with Gasteiger partial charge in [0.05, 0.1) is 24.3 Å². The van der Waals surface area contributed by atoms with Crippen LogP contribution in [0.25, 0.3) is 10.1 Å². The van der Waals surface area contributed by atoms with Crippen LogP contribution in [0.4, 0.5) is 5.00 Å². The minimum Gasteiger partial charge on any atom is -0.497 e. The first-order chi connectivity index (χ1) is 13.5. The number of hydrogen-bond donors (Lipinski definition) is 1. The molecule has 0 saturated heterocycles. The molecular weight excluding hydrogens is 418 g/mol. The van der Waals surface area contributed by atoms with E-state index < -0.39 is 0 Å². The minimum absolute atomic E-state index is 0.292. The number of carbonyl (C=O) groups excluding carboxylic acids is 2. The van der Waals surface area contributed by atoms with Crippen molar-refractivity contribution in [3.05, 3.63) is 44.1 Å². The fraction of sp³-hybridized carbons (Fsp3) is 0.300. The molecule has 0 aliphatic heterocycles. The number of rotatable bonds is 5. The molecule has 2 aromatic heterocycles. The number of ether oxygens (including phenoxy) is 2. The first-order valence-electron chi connectivity index (χ1n) is 8.92. The summed E-state index contributed by atoms with van der Waals surface area (Å²) in [6, 6.07) is 5.53. The van der Waals surface area contributed by atoms with Gasteiger partial charge in [-0.05, 0) is 49.9 Å². The lowest BCUT2D eigenvalue weighted by Gasteiger charge is -2.07. The first kappa shape index (κ1) is 19.2. The topological polar surface area (TPSA) is 64.6 Å². The molecule has 3 aromatic rings. The zero-order valence-electron chi connectivity index (χ0n) is 15.4. The van der Waals surface area contributed by atoms with Crippen molar-refractivity contribution in [3.8, 4) is 5.75 Å². The predicted octanol–water partition coefficient (Wildman–Crippen LogP) is 5.54. The van der Waals surface area contributed by atoms with Gasteiger partial charge in [-0.15, -0.1) is 22.7 Å². The molecule has 28 heavy (non-hydrogen) atoms. The molecule has 0 unspecified atom stereocenters. The second-order valence-electron chi connectivity index (χ2n) is 6.34. The molecule has 1 aliphatic rings. The summed E-state index contributed by atoms with van der Waals surface area (Å²) in [7, 11) is 1.59. The lowest BCUT2D eigenvalue weighted by molar-refractivity contribution is 0.0527. The minimum atomic E-state index is -0.385. The van der Waals surface area contributed by atoms with Crippen molar-refractivity contribution >= 4 is 61.2 Å². The third-order valence-electron chi connectivity index (χ3n) is 4.67. The van der Waals surface area contributed by atoms with E-state index in [2.05, 4.69) is 5.32 Å². The number of esters is 1. The van der Waals surface area contributed by atoms with Gasteiger partial charge in [-0.1, -0.05) is 11.6 Å². The van der Waals surface area contributed by atoms with Gasteiger partial charge in [-0.3, -0.25) is 4.79 Å². The van der Waals surface area contributed by atoms with Crippen molar-refractivity contribution in [1.82, 2.24) is 0 Å². The number of hydrogen-bond acceptors (Lipinski definition) is 6. The fourth-order valence-corrected chi connectivity index (χ4v) is 6.05. The van der Waals surface area contributed by atoms with E-state index in [0.29, 0.717) is 32.8 Å². The Bertz CT molecular complexity index is 1090. The summed E-state index contributed by atoms with van der Waals surface area (Å²) in [4.78, 5) is 27.0. The number of thiophene rings is 2. The smallest absolute Gasteiger partial charge is 0.341 e. The average molecular weight is 436 g/mol. The van der Waals surface area contributed by atoms with E-state index >= 15 is 0 Å². The van der Waals surface area contributed by atoms with Gasteiger partial charge in [0.15, 0.2) is 0 Å². The maximum atomic E-state index is 13.0. The van der Waals surface area contributed by atoms with Crippen molar-refractivity contribution < 1.29 is 19.1 Å². The van der Waals surface area contributed by atoms with E-state index in [-0.39, 0.29) is 11.9 Å². The molecule has 0 saturated carbocycles. The number of aryl methyl sites for hydroxylation is 1. The van der Waals surface area contributed by atoms with Gasteiger partial charge in [0.2, 0.25) is 0 Å². The molecule has 0 atom stereocenters. The number of halogens is 1. The highest BCUT2D eigenvalue weighted by atomic mass is 35.5. The Morgan fingerprint density at radius 1 is 1.25 bits per heavy atom. The maximum Gasteiger partial charge on any atom is 0.341 e. The molecule has 1 amide bonds. The average Bonchev–Trinajstić information content (AvgIpc) is 3.34. The third kappa shape index (κ3) is 3.27. The number of nitrogens with one attached hydrogen (secondary N) is 1. The van der Waals surface area contributed by atoms with Gasteiger partial charge in [0.25, 0.3) is 5.91 Å². The number of carbonyl (C=O) groups is 2. The highest BCUT2D eigenvalue weighted by molar-refractivity contribution is 7.22. The molecule has 1 aromatic carbocycles. The van der Waals surface area contributed by atoms with Crippen LogP contribution in [-0.2, 0) is 17.6 Å². The highest BCUT2D eigenvalue weighted by Gasteiger charge is 2.29. The van der Waals surface area contributed by atoms with Crippen LogP contribution >= 0.6 is 34.3 Å². The Balaban J connectivity index is 1.69. The maximum absolute atomic E-state index is 13.0. The molecule has 146 valence electrons. The zero-order valence-corrected chi connectivity index (χ0v) is 17.8. The fourth-order valence-electron chi connectivity index (χ4n) is 3.39. The third-order valence-corrected chi connectivity index (χ3v) is 7.55. The van der Waals surface area contributed by atoms with Crippen molar-refractivity contribution in [2.75, 3.05) is 19.0 Å². The largest absolute Gasteiger partial charge is 0.497 e. The molecule has 0 fully saturated rings. The van der Waals surface area contributed by atoms with Crippen LogP contribution in [0.5, 0.6) is 5.75 Å². The Morgan fingerprint density at radius 2 is 2.07 bits per heavy atom. The number of fused-ring (bicyclic) bond motifs is 2. The zero-order chi connectivity index (χ0) is 19.8. The van der Waals surface area contributed by atoms with Crippen LogP contribution in [0.15, 0.2) is 18.2 Å². The Hall–Kier alpha value is -2.09. The Morgan fingerprint density at radius 3 is 2.82 bits per heavy atom. The van der Waals surface area contributed by atoms with Crippen LogP contribution in [0.2, 0.25) is 5.02 Å². The standard InChI is InChI=1S/C20H18ClNO4S2/c1-3-26-20(24)15-11-5-4-6-13(11)28-19(15)22-18(23)17-16(21)12-9-10(25-2)7-8-14(12)27-17/h7-9H,3-6H2,1-2H3,(H,22,23). The summed E-state index contributed by atoms with van der Waals surface area (Å²) < 4.78 is 11.4. The molecule has 2 heterocycles. The van der Waals surface area contributed by atoms with Gasteiger partial charge in [0.1, 0.15) is 15.6 Å². The summed E-state index contributed by atoms with van der Waals surface area (Å²) in [6.07, 6.45) is 2.77. The molecule has 0 bridgehead atoms. The monoisotopic (exact) mass is 435 g/mol. The predicted molar refractivity (Wildman–Crippen MR) is 114 cm³/mol. The van der Waals surface area contributed by atoms with Crippen molar-refractivity contribution in [1.29, 1.82) is 0 Å². The van der Waals surface area contributed by atoms with Gasteiger partial charge in [-0.25, -0.2) is 4.79 Å². The Kier molecular flexibility index (Phi) is 5.31. The molecule has 0 radical (unpaired) electrons. The number of methoxy groups -OCH3 is 1. The van der Waals surface area contributed by atoms with Crippen LogP contribution in [0, 0.1) is 0 Å². The number of benzene rings is 1.